The van der Waals surface area contributed by atoms with Crippen LogP contribution in [-0.2, 0) is 0 Å². The lowest BCUT2D eigenvalue weighted by Crippen LogP contribution is -2.00. The highest BCUT2D eigenvalue weighted by Crippen LogP contribution is 2.36. The lowest BCUT2D eigenvalue weighted by atomic mass is 10.0. The molecule has 0 spiro atoms. The van der Waals surface area contributed by atoms with Crippen molar-refractivity contribution in [1.82, 2.24) is 0 Å². The number of halogens is 2. The first kappa shape index (κ1) is 14.2. The Balaban J connectivity index is 2.42. The van der Waals surface area contributed by atoms with Gasteiger partial charge in [0, 0.05) is 10.6 Å². The molecule has 0 N–H and O–H groups in total. The molecular weight excluding hydrogens is 279 g/mol. The van der Waals surface area contributed by atoms with Gasteiger partial charge in [-0.05, 0) is 37.6 Å². The minimum Gasteiger partial charge on any atom is -0.494 e. The van der Waals surface area contributed by atoms with Gasteiger partial charge in [0.05, 0.1) is 12.0 Å². The van der Waals surface area contributed by atoms with Crippen molar-refractivity contribution in [2.45, 2.75) is 19.2 Å². The molecule has 0 aliphatic rings. The molecule has 2 rings (SSSR count). The van der Waals surface area contributed by atoms with E-state index >= 15 is 0 Å². The molecule has 100 valence electrons. The van der Waals surface area contributed by atoms with E-state index in [1.165, 1.54) is 0 Å². The number of hydrogen-bond acceptors (Lipinski definition) is 1. The van der Waals surface area contributed by atoms with Crippen LogP contribution in [0.2, 0.25) is 5.02 Å². The fourth-order valence-corrected chi connectivity index (χ4v) is 2.50. The molecular formula is C16H16Cl2O. The van der Waals surface area contributed by atoms with Gasteiger partial charge in [-0.15, -0.1) is 11.6 Å². The normalized spacial score (nSPS) is 12.2. The van der Waals surface area contributed by atoms with Crippen molar-refractivity contribution in [3.8, 4) is 5.75 Å². The van der Waals surface area contributed by atoms with Gasteiger partial charge in [0.2, 0.25) is 0 Å². The molecule has 2 aromatic rings. The van der Waals surface area contributed by atoms with Crippen LogP contribution in [0.3, 0.4) is 0 Å². The van der Waals surface area contributed by atoms with Gasteiger partial charge in [0.1, 0.15) is 5.75 Å². The number of benzene rings is 2. The highest BCUT2D eigenvalue weighted by Gasteiger charge is 2.16. The van der Waals surface area contributed by atoms with Crippen LogP contribution in [0.1, 0.15) is 29.0 Å². The summed E-state index contributed by atoms with van der Waals surface area (Å²) in [4.78, 5) is 0. The number of ether oxygens (including phenoxy) is 1. The second-order valence-corrected chi connectivity index (χ2v) is 5.26. The first-order chi connectivity index (χ1) is 9.11. The van der Waals surface area contributed by atoms with Gasteiger partial charge in [-0.1, -0.05) is 41.4 Å². The van der Waals surface area contributed by atoms with Gasteiger partial charge in [-0.25, -0.2) is 0 Å². The first-order valence-corrected chi connectivity index (χ1v) is 7.06. The third-order valence-corrected chi connectivity index (χ3v) is 3.60. The molecule has 19 heavy (non-hydrogen) atoms. The Morgan fingerprint density at radius 3 is 2.63 bits per heavy atom. The number of hydrogen-bond donors (Lipinski definition) is 0. The Kier molecular flexibility index (Phi) is 4.73. The zero-order valence-corrected chi connectivity index (χ0v) is 12.5. The Labute approximate surface area is 124 Å². The molecule has 1 atom stereocenters. The molecule has 0 heterocycles. The lowest BCUT2D eigenvalue weighted by Gasteiger charge is -2.16. The predicted octanol–water partition coefficient (Wildman–Crippen LogP) is 5.38. The summed E-state index contributed by atoms with van der Waals surface area (Å²) in [5.41, 5.74) is 3.11. The van der Waals surface area contributed by atoms with Crippen LogP contribution < -0.4 is 4.74 Å². The quantitative estimate of drug-likeness (QED) is 0.688. The van der Waals surface area contributed by atoms with Crippen molar-refractivity contribution in [1.29, 1.82) is 0 Å². The average Bonchev–Trinajstić information content (AvgIpc) is 2.40. The highest BCUT2D eigenvalue weighted by atomic mass is 35.5. The number of aryl methyl sites for hydroxylation is 1. The van der Waals surface area contributed by atoms with E-state index in [4.69, 9.17) is 27.9 Å². The fourth-order valence-electron chi connectivity index (χ4n) is 2.00. The second-order valence-electron chi connectivity index (χ2n) is 4.39. The van der Waals surface area contributed by atoms with E-state index in [2.05, 4.69) is 6.07 Å². The van der Waals surface area contributed by atoms with Gasteiger partial charge >= 0.3 is 0 Å². The lowest BCUT2D eigenvalue weighted by molar-refractivity contribution is 0.337. The zero-order valence-electron chi connectivity index (χ0n) is 11.0. The molecule has 0 bridgehead atoms. The van der Waals surface area contributed by atoms with Crippen LogP contribution in [0.25, 0.3) is 0 Å². The minimum atomic E-state index is -0.264. The molecule has 0 aromatic heterocycles. The van der Waals surface area contributed by atoms with Crippen LogP contribution in [0, 0.1) is 6.92 Å². The van der Waals surface area contributed by atoms with Gasteiger partial charge in [0.25, 0.3) is 0 Å². The molecule has 0 aliphatic carbocycles. The van der Waals surface area contributed by atoms with E-state index in [-0.39, 0.29) is 5.38 Å². The summed E-state index contributed by atoms with van der Waals surface area (Å²) in [5.74, 6) is 0.827. The average molecular weight is 295 g/mol. The van der Waals surface area contributed by atoms with E-state index in [1.54, 1.807) is 0 Å². The van der Waals surface area contributed by atoms with E-state index < -0.39 is 0 Å². The fraction of sp³-hybridized carbons (Fsp3) is 0.250. The van der Waals surface area contributed by atoms with Crippen molar-refractivity contribution in [3.63, 3.8) is 0 Å². The first-order valence-electron chi connectivity index (χ1n) is 6.24. The van der Waals surface area contributed by atoms with Gasteiger partial charge < -0.3 is 4.74 Å². The molecule has 0 amide bonds. The largest absolute Gasteiger partial charge is 0.494 e. The molecule has 0 saturated carbocycles. The third-order valence-electron chi connectivity index (χ3n) is 2.88. The van der Waals surface area contributed by atoms with Crippen LogP contribution >= 0.6 is 23.2 Å². The standard InChI is InChI=1S/C16H16Cl2O/c1-3-19-15-8-7-11(2)9-14(15)16(18)12-5-4-6-13(17)10-12/h4-10,16H,3H2,1-2H3. The van der Waals surface area contributed by atoms with Crippen molar-refractivity contribution < 1.29 is 4.74 Å². The molecule has 2 aromatic carbocycles. The molecule has 1 nitrogen and oxygen atoms in total. The monoisotopic (exact) mass is 294 g/mol. The van der Waals surface area contributed by atoms with Crippen molar-refractivity contribution in [3.05, 3.63) is 64.2 Å². The smallest absolute Gasteiger partial charge is 0.124 e. The second kappa shape index (κ2) is 6.31. The Bertz CT molecular complexity index is 566. The maximum atomic E-state index is 6.58. The SMILES string of the molecule is CCOc1ccc(C)cc1C(Cl)c1cccc(Cl)c1. The summed E-state index contributed by atoms with van der Waals surface area (Å²) in [6, 6.07) is 13.7. The van der Waals surface area contributed by atoms with Crippen LogP contribution in [0.15, 0.2) is 42.5 Å². The molecule has 1 unspecified atom stereocenters. The molecule has 0 saturated heterocycles. The third kappa shape index (κ3) is 3.43. The Morgan fingerprint density at radius 2 is 1.95 bits per heavy atom. The summed E-state index contributed by atoms with van der Waals surface area (Å²) >= 11 is 12.6. The van der Waals surface area contributed by atoms with Crippen LogP contribution in [-0.4, -0.2) is 6.61 Å². The minimum absolute atomic E-state index is 0.264. The Morgan fingerprint density at radius 1 is 1.16 bits per heavy atom. The van der Waals surface area contributed by atoms with E-state index in [0.29, 0.717) is 11.6 Å². The highest BCUT2D eigenvalue weighted by molar-refractivity contribution is 6.30. The zero-order chi connectivity index (χ0) is 13.8. The van der Waals surface area contributed by atoms with Gasteiger partial charge in [-0.2, -0.15) is 0 Å². The summed E-state index contributed by atoms with van der Waals surface area (Å²) in [6.45, 7) is 4.63. The summed E-state index contributed by atoms with van der Waals surface area (Å²) in [6.07, 6.45) is 0. The maximum absolute atomic E-state index is 6.58. The summed E-state index contributed by atoms with van der Waals surface area (Å²) < 4.78 is 5.65. The molecule has 0 aliphatic heterocycles. The predicted molar refractivity (Wildman–Crippen MR) is 81.5 cm³/mol. The topological polar surface area (TPSA) is 9.23 Å². The van der Waals surface area contributed by atoms with Crippen molar-refractivity contribution in [2.24, 2.45) is 0 Å². The van der Waals surface area contributed by atoms with E-state index in [9.17, 15) is 0 Å². The summed E-state index contributed by atoms with van der Waals surface area (Å²) in [7, 11) is 0. The molecule has 0 fully saturated rings. The van der Waals surface area contributed by atoms with E-state index in [0.717, 1.165) is 22.4 Å². The maximum Gasteiger partial charge on any atom is 0.124 e. The Hall–Kier alpha value is -1.18. The molecule has 0 radical (unpaired) electrons. The number of alkyl halides is 1. The van der Waals surface area contributed by atoms with Crippen LogP contribution in [0.4, 0.5) is 0 Å². The summed E-state index contributed by atoms with van der Waals surface area (Å²) in [5, 5.41) is 0.425. The van der Waals surface area contributed by atoms with Crippen LogP contribution in [0.5, 0.6) is 5.75 Å². The van der Waals surface area contributed by atoms with Gasteiger partial charge in [-0.3, -0.25) is 0 Å². The van der Waals surface area contributed by atoms with Crippen molar-refractivity contribution >= 4 is 23.2 Å². The van der Waals surface area contributed by atoms with E-state index in [1.807, 2.05) is 50.2 Å². The molecule has 3 heteroatoms. The van der Waals surface area contributed by atoms with Crippen molar-refractivity contribution in [2.75, 3.05) is 6.61 Å². The number of rotatable bonds is 4. The van der Waals surface area contributed by atoms with Gasteiger partial charge in [0.15, 0.2) is 0 Å².